The minimum atomic E-state index is -1.07. The highest BCUT2D eigenvalue weighted by Gasteiger charge is 2.34. The molecule has 2 fully saturated rings. The Balaban J connectivity index is 1.65. The number of aliphatic carboxylic acids is 1. The number of hydrogen-bond acceptors (Lipinski definition) is 4. The zero-order valence-electron chi connectivity index (χ0n) is 12.8. The number of carboxylic acids is 1. The van der Waals surface area contributed by atoms with Crippen molar-refractivity contribution >= 4 is 35.1 Å². The topological polar surface area (TPSA) is 105 Å². The van der Waals surface area contributed by atoms with Crippen LogP contribution in [-0.4, -0.2) is 41.1 Å². The fourth-order valence-corrected chi connectivity index (χ4v) is 2.71. The Hall–Kier alpha value is -2.12. The minimum absolute atomic E-state index is 0.201. The molecule has 1 aromatic rings. The van der Waals surface area contributed by atoms with Crippen molar-refractivity contribution < 1.29 is 24.2 Å². The van der Waals surface area contributed by atoms with Crippen LogP contribution >= 0.6 is 11.6 Å². The number of ether oxygens (including phenoxy) is 1. The van der Waals surface area contributed by atoms with Crippen LogP contribution in [0, 0.1) is 0 Å². The second-order valence-corrected chi connectivity index (χ2v) is 6.37. The summed E-state index contributed by atoms with van der Waals surface area (Å²) >= 11 is 6.05. The highest BCUT2D eigenvalue weighted by atomic mass is 35.5. The Kier molecular flexibility index (Phi) is 4.73. The number of carboxylic acid groups (broad SMARTS) is 1. The van der Waals surface area contributed by atoms with Crippen molar-refractivity contribution in [1.82, 2.24) is 5.32 Å². The first-order valence-corrected chi connectivity index (χ1v) is 8.11. The van der Waals surface area contributed by atoms with Crippen molar-refractivity contribution in [2.24, 2.45) is 0 Å². The minimum Gasteiger partial charge on any atom is -0.479 e. The number of rotatable bonds is 5. The smallest absolute Gasteiger partial charge is 0.332 e. The summed E-state index contributed by atoms with van der Waals surface area (Å²) in [5.74, 6) is -1.79. The molecule has 7 nitrogen and oxygen atoms in total. The molecule has 128 valence electrons. The van der Waals surface area contributed by atoms with Gasteiger partial charge in [0.25, 0.3) is 11.8 Å². The van der Waals surface area contributed by atoms with Gasteiger partial charge in [0.1, 0.15) is 6.10 Å². The molecule has 1 saturated carbocycles. The van der Waals surface area contributed by atoms with Gasteiger partial charge in [-0.15, -0.1) is 0 Å². The lowest BCUT2D eigenvalue weighted by Crippen LogP contribution is -2.30. The summed E-state index contributed by atoms with van der Waals surface area (Å²) in [6, 6.07) is 4.82. The first-order chi connectivity index (χ1) is 11.4. The van der Waals surface area contributed by atoms with Gasteiger partial charge in [0.2, 0.25) is 0 Å². The maximum absolute atomic E-state index is 12.2. The molecule has 3 N–H and O–H groups in total. The van der Waals surface area contributed by atoms with Gasteiger partial charge in [0.05, 0.1) is 10.6 Å². The van der Waals surface area contributed by atoms with Crippen molar-refractivity contribution in [1.29, 1.82) is 0 Å². The highest BCUT2D eigenvalue weighted by molar-refractivity contribution is 6.34. The van der Waals surface area contributed by atoms with Crippen molar-refractivity contribution in [2.45, 2.75) is 43.9 Å². The molecular formula is C16H17ClN2O5. The monoisotopic (exact) mass is 352 g/mol. The van der Waals surface area contributed by atoms with Crippen LogP contribution in [0.2, 0.25) is 5.02 Å². The molecule has 0 aromatic heterocycles. The van der Waals surface area contributed by atoms with Gasteiger partial charge >= 0.3 is 5.97 Å². The Morgan fingerprint density at radius 1 is 1.12 bits per heavy atom. The van der Waals surface area contributed by atoms with E-state index in [-0.39, 0.29) is 17.5 Å². The number of amides is 2. The quantitative estimate of drug-likeness (QED) is 0.749. The molecule has 1 heterocycles. The first kappa shape index (κ1) is 16.7. The lowest BCUT2D eigenvalue weighted by Gasteiger charge is -2.13. The van der Waals surface area contributed by atoms with Gasteiger partial charge in [0, 0.05) is 11.7 Å². The summed E-state index contributed by atoms with van der Waals surface area (Å²) < 4.78 is 5.20. The molecule has 1 aromatic carbocycles. The van der Waals surface area contributed by atoms with Crippen LogP contribution in [0.1, 0.15) is 36.0 Å². The molecule has 8 heteroatoms. The lowest BCUT2D eigenvalue weighted by molar-refractivity contribution is -0.150. The lowest BCUT2D eigenvalue weighted by atomic mass is 10.1. The van der Waals surface area contributed by atoms with Crippen LogP contribution in [0.25, 0.3) is 0 Å². The molecule has 1 aliphatic carbocycles. The Morgan fingerprint density at radius 2 is 1.83 bits per heavy atom. The fourth-order valence-electron chi connectivity index (χ4n) is 2.50. The second-order valence-electron chi connectivity index (χ2n) is 5.96. The molecule has 2 aliphatic rings. The summed E-state index contributed by atoms with van der Waals surface area (Å²) in [5.41, 5.74) is 0.699. The first-order valence-electron chi connectivity index (χ1n) is 7.73. The van der Waals surface area contributed by atoms with Gasteiger partial charge in [-0.1, -0.05) is 11.6 Å². The number of carbonyl (C=O) groups is 3. The van der Waals surface area contributed by atoms with Crippen LogP contribution in [0.3, 0.4) is 0 Å². The summed E-state index contributed by atoms with van der Waals surface area (Å²) in [6.45, 7) is 0. The maximum atomic E-state index is 12.2. The molecule has 3 rings (SSSR count). The average Bonchev–Trinajstić information content (AvgIpc) is 3.20. The van der Waals surface area contributed by atoms with Crippen molar-refractivity contribution in [2.75, 3.05) is 5.32 Å². The van der Waals surface area contributed by atoms with Crippen molar-refractivity contribution in [3.63, 3.8) is 0 Å². The molecule has 1 saturated heterocycles. The third-order valence-corrected chi connectivity index (χ3v) is 4.31. The van der Waals surface area contributed by atoms with Crippen LogP contribution in [0.15, 0.2) is 18.2 Å². The van der Waals surface area contributed by atoms with Gasteiger partial charge in [-0.05, 0) is 43.9 Å². The normalized spacial score (nSPS) is 22.9. The Bertz CT molecular complexity index is 689. The SMILES string of the molecule is O=C(NC1CC1)c1cc(NC(=O)[C@@H]2CC[C@H](C(=O)O)O2)ccc1Cl. The number of carbonyl (C=O) groups excluding carboxylic acids is 2. The molecule has 0 bridgehead atoms. The molecule has 0 spiro atoms. The Morgan fingerprint density at radius 3 is 2.46 bits per heavy atom. The van der Waals surface area contributed by atoms with Gasteiger partial charge in [0.15, 0.2) is 6.10 Å². The molecular weight excluding hydrogens is 336 g/mol. The van der Waals surface area contributed by atoms with Crippen LogP contribution < -0.4 is 10.6 Å². The average molecular weight is 353 g/mol. The zero-order chi connectivity index (χ0) is 17.3. The van der Waals surface area contributed by atoms with Gasteiger partial charge < -0.3 is 20.5 Å². The summed E-state index contributed by atoms with van der Waals surface area (Å²) in [7, 11) is 0. The molecule has 2 atom stereocenters. The molecule has 0 unspecified atom stereocenters. The summed E-state index contributed by atoms with van der Waals surface area (Å²) in [4.78, 5) is 35.2. The standard InChI is InChI=1S/C16H17ClN2O5/c17-11-4-3-9(7-10(11)14(20)18-8-1-2-8)19-15(21)12-5-6-13(24-12)16(22)23/h3-4,7-8,12-13H,1-2,5-6H2,(H,18,20)(H,19,21)(H,22,23)/t12-,13+/m0/s1. The molecule has 0 radical (unpaired) electrons. The van der Waals surface area contributed by atoms with E-state index in [0.717, 1.165) is 12.8 Å². The van der Waals surface area contributed by atoms with E-state index in [1.165, 1.54) is 12.1 Å². The van der Waals surface area contributed by atoms with Crippen LogP contribution in [0.4, 0.5) is 5.69 Å². The number of anilines is 1. The van der Waals surface area contributed by atoms with Crippen molar-refractivity contribution in [3.05, 3.63) is 28.8 Å². The van der Waals surface area contributed by atoms with Crippen molar-refractivity contribution in [3.8, 4) is 0 Å². The third kappa shape index (κ3) is 3.85. The molecule has 24 heavy (non-hydrogen) atoms. The third-order valence-electron chi connectivity index (χ3n) is 3.98. The van der Waals surface area contributed by atoms with Crippen LogP contribution in [-0.2, 0) is 14.3 Å². The van der Waals surface area contributed by atoms with E-state index in [1.807, 2.05) is 0 Å². The molecule has 1 aliphatic heterocycles. The maximum Gasteiger partial charge on any atom is 0.332 e. The fraction of sp³-hybridized carbons (Fsp3) is 0.438. The van der Waals surface area contributed by atoms with Gasteiger partial charge in [-0.2, -0.15) is 0 Å². The van der Waals surface area contributed by atoms with E-state index in [4.69, 9.17) is 21.4 Å². The Labute approximate surface area is 143 Å². The van der Waals surface area contributed by atoms with E-state index < -0.39 is 24.1 Å². The summed E-state index contributed by atoms with van der Waals surface area (Å²) in [5, 5.41) is 14.7. The van der Waals surface area contributed by atoms with E-state index in [2.05, 4.69) is 10.6 Å². The summed E-state index contributed by atoms with van der Waals surface area (Å²) in [6.07, 6.45) is 0.790. The van der Waals surface area contributed by atoms with E-state index in [0.29, 0.717) is 23.6 Å². The zero-order valence-corrected chi connectivity index (χ0v) is 13.5. The molecule has 2 amide bonds. The van der Waals surface area contributed by atoms with Crippen LogP contribution in [0.5, 0.6) is 0 Å². The van der Waals surface area contributed by atoms with E-state index in [1.54, 1.807) is 6.07 Å². The number of halogens is 1. The number of benzene rings is 1. The highest BCUT2D eigenvalue weighted by Crippen LogP contribution is 2.25. The van der Waals surface area contributed by atoms with E-state index >= 15 is 0 Å². The largest absolute Gasteiger partial charge is 0.479 e. The predicted octanol–water partition coefficient (Wildman–Crippen LogP) is 1.80. The predicted molar refractivity (Wildman–Crippen MR) is 86.1 cm³/mol. The van der Waals surface area contributed by atoms with Gasteiger partial charge in [-0.25, -0.2) is 4.79 Å². The number of nitrogens with one attached hydrogen (secondary N) is 2. The van der Waals surface area contributed by atoms with Gasteiger partial charge in [-0.3, -0.25) is 9.59 Å². The van der Waals surface area contributed by atoms with E-state index in [9.17, 15) is 14.4 Å². The number of hydrogen-bond donors (Lipinski definition) is 3. The second kappa shape index (κ2) is 6.78.